The van der Waals surface area contributed by atoms with Gasteiger partial charge in [-0.25, -0.2) is 0 Å². The van der Waals surface area contributed by atoms with E-state index in [1.54, 1.807) is 13.8 Å². The van der Waals surface area contributed by atoms with Crippen molar-refractivity contribution in [2.75, 3.05) is 23.8 Å². The van der Waals surface area contributed by atoms with Gasteiger partial charge >= 0.3 is 6.18 Å². The molecule has 0 aromatic heterocycles. The molecule has 0 bridgehead atoms. The lowest BCUT2D eigenvalue weighted by Crippen LogP contribution is -2.35. The normalized spacial score (nSPS) is 11.9. The van der Waals surface area contributed by atoms with E-state index in [0.717, 1.165) is 6.07 Å². The van der Waals surface area contributed by atoms with Crippen molar-refractivity contribution in [2.24, 2.45) is 0 Å². The zero-order valence-electron chi connectivity index (χ0n) is 10.3. The third-order valence-electron chi connectivity index (χ3n) is 2.60. The topological polar surface area (TPSA) is 49.5 Å². The number of rotatable bonds is 4. The van der Waals surface area contributed by atoms with E-state index in [1.807, 2.05) is 0 Å². The first kappa shape index (κ1) is 14.6. The minimum Gasteiger partial charge on any atom is -0.399 e. The maximum atomic E-state index is 12.9. The highest BCUT2D eigenvalue weighted by Crippen LogP contribution is 2.38. The van der Waals surface area contributed by atoms with Gasteiger partial charge in [-0.15, -0.1) is 0 Å². The Morgan fingerprint density at radius 3 is 2.39 bits per heavy atom. The molecule has 6 heteroatoms. The van der Waals surface area contributed by atoms with Crippen molar-refractivity contribution in [1.82, 2.24) is 0 Å². The van der Waals surface area contributed by atoms with Crippen LogP contribution in [0.15, 0.2) is 18.2 Å². The summed E-state index contributed by atoms with van der Waals surface area (Å²) in [5, 5.41) is 8.95. The molecule has 3 N–H and O–H groups in total. The molecule has 0 atom stereocenters. The highest BCUT2D eigenvalue weighted by Gasteiger charge is 2.35. The summed E-state index contributed by atoms with van der Waals surface area (Å²) < 4.78 is 38.8. The van der Waals surface area contributed by atoms with Gasteiger partial charge in [0.2, 0.25) is 0 Å². The highest BCUT2D eigenvalue weighted by atomic mass is 19.4. The molecule has 102 valence electrons. The summed E-state index contributed by atoms with van der Waals surface area (Å²) in [6.45, 7) is 3.48. The molecule has 0 aliphatic rings. The van der Waals surface area contributed by atoms with Crippen molar-refractivity contribution in [3.8, 4) is 0 Å². The first-order valence-electron chi connectivity index (χ1n) is 5.61. The molecule has 3 nitrogen and oxygen atoms in total. The predicted octanol–water partition coefficient (Wildman–Crippen LogP) is 2.49. The van der Waals surface area contributed by atoms with Gasteiger partial charge < -0.3 is 15.7 Å². The molecule has 1 aromatic carbocycles. The Morgan fingerprint density at radius 1 is 1.33 bits per heavy atom. The standard InChI is InChI=1S/C12H17F3N2O/c1-8(2)17(5-6-18)11-4-3-9(16)7-10(11)12(13,14)15/h3-4,7-8,18H,5-6,16H2,1-2H3. The molecule has 0 saturated heterocycles. The minimum atomic E-state index is -4.46. The Balaban J connectivity index is 3.29. The predicted molar refractivity (Wildman–Crippen MR) is 65.4 cm³/mol. The lowest BCUT2D eigenvalue weighted by molar-refractivity contribution is -0.137. The number of aliphatic hydroxyl groups is 1. The van der Waals surface area contributed by atoms with Crippen molar-refractivity contribution in [1.29, 1.82) is 0 Å². The first-order chi connectivity index (χ1) is 8.27. The fourth-order valence-corrected chi connectivity index (χ4v) is 1.80. The molecule has 0 saturated carbocycles. The van der Waals surface area contributed by atoms with E-state index in [4.69, 9.17) is 10.8 Å². The Bertz CT molecular complexity index is 405. The van der Waals surface area contributed by atoms with Gasteiger partial charge in [0, 0.05) is 24.0 Å². The summed E-state index contributed by atoms with van der Waals surface area (Å²) in [6, 6.07) is 3.54. The monoisotopic (exact) mass is 262 g/mol. The molecular weight excluding hydrogens is 245 g/mol. The van der Waals surface area contributed by atoms with Crippen LogP contribution in [0, 0.1) is 0 Å². The van der Waals surface area contributed by atoms with Crippen LogP contribution in [-0.4, -0.2) is 24.3 Å². The fraction of sp³-hybridized carbons (Fsp3) is 0.500. The Labute approximate surface area is 104 Å². The van der Waals surface area contributed by atoms with Gasteiger partial charge in [-0.1, -0.05) is 0 Å². The summed E-state index contributed by atoms with van der Waals surface area (Å²) in [4.78, 5) is 1.50. The quantitative estimate of drug-likeness (QED) is 0.820. The van der Waals surface area contributed by atoms with Crippen LogP contribution in [0.3, 0.4) is 0 Å². The first-order valence-corrected chi connectivity index (χ1v) is 5.61. The number of hydrogen-bond donors (Lipinski definition) is 2. The van der Waals surface area contributed by atoms with E-state index in [9.17, 15) is 13.2 Å². The second-order valence-electron chi connectivity index (χ2n) is 4.29. The molecule has 1 rings (SSSR count). The zero-order valence-corrected chi connectivity index (χ0v) is 10.3. The van der Waals surface area contributed by atoms with Crippen LogP contribution in [0.1, 0.15) is 19.4 Å². The molecular formula is C12H17F3N2O. The molecule has 0 aliphatic carbocycles. The van der Waals surface area contributed by atoms with E-state index in [2.05, 4.69) is 0 Å². The Hall–Kier alpha value is -1.43. The van der Waals surface area contributed by atoms with E-state index in [-0.39, 0.29) is 30.6 Å². The lowest BCUT2D eigenvalue weighted by Gasteiger charge is -2.30. The van der Waals surface area contributed by atoms with Crippen LogP contribution in [0.2, 0.25) is 0 Å². The summed E-state index contributed by atoms with van der Waals surface area (Å²) in [5.74, 6) is 0. The number of hydrogen-bond acceptors (Lipinski definition) is 3. The maximum Gasteiger partial charge on any atom is 0.418 e. The third kappa shape index (κ3) is 3.29. The van der Waals surface area contributed by atoms with E-state index >= 15 is 0 Å². The van der Waals surface area contributed by atoms with Crippen LogP contribution >= 0.6 is 0 Å². The van der Waals surface area contributed by atoms with E-state index in [0.29, 0.717) is 0 Å². The Morgan fingerprint density at radius 2 is 1.94 bits per heavy atom. The highest BCUT2D eigenvalue weighted by molar-refractivity contribution is 5.61. The number of nitrogens with two attached hydrogens (primary N) is 1. The second kappa shape index (κ2) is 5.48. The molecule has 0 heterocycles. The van der Waals surface area contributed by atoms with Crippen molar-refractivity contribution in [2.45, 2.75) is 26.1 Å². The van der Waals surface area contributed by atoms with Gasteiger partial charge in [0.15, 0.2) is 0 Å². The molecule has 0 spiro atoms. The van der Waals surface area contributed by atoms with E-state index in [1.165, 1.54) is 17.0 Å². The van der Waals surface area contributed by atoms with Gasteiger partial charge in [-0.3, -0.25) is 0 Å². The van der Waals surface area contributed by atoms with Crippen LogP contribution in [0.4, 0.5) is 24.5 Å². The van der Waals surface area contributed by atoms with Crippen LogP contribution in [0.25, 0.3) is 0 Å². The number of benzene rings is 1. The minimum absolute atomic E-state index is 0.0424. The smallest absolute Gasteiger partial charge is 0.399 e. The molecule has 0 unspecified atom stereocenters. The third-order valence-corrected chi connectivity index (χ3v) is 2.60. The average Bonchev–Trinajstić information content (AvgIpc) is 2.24. The zero-order chi connectivity index (χ0) is 13.9. The summed E-state index contributed by atoms with van der Waals surface area (Å²) in [6.07, 6.45) is -4.46. The number of aliphatic hydroxyl groups excluding tert-OH is 1. The van der Waals surface area contributed by atoms with Crippen molar-refractivity contribution >= 4 is 11.4 Å². The number of nitrogen functional groups attached to an aromatic ring is 1. The molecule has 0 fully saturated rings. The van der Waals surface area contributed by atoms with Gasteiger partial charge in [-0.05, 0) is 32.0 Å². The lowest BCUT2D eigenvalue weighted by atomic mass is 10.1. The van der Waals surface area contributed by atoms with Gasteiger partial charge in [0.05, 0.1) is 12.2 Å². The van der Waals surface area contributed by atoms with Crippen LogP contribution in [-0.2, 0) is 6.18 Å². The van der Waals surface area contributed by atoms with Gasteiger partial charge in [0.1, 0.15) is 0 Å². The van der Waals surface area contributed by atoms with Crippen LogP contribution in [0.5, 0.6) is 0 Å². The number of nitrogens with zero attached hydrogens (tertiary/aromatic N) is 1. The molecule has 1 aromatic rings. The summed E-state index contributed by atoms with van der Waals surface area (Å²) in [7, 11) is 0. The van der Waals surface area contributed by atoms with Crippen molar-refractivity contribution in [3.05, 3.63) is 23.8 Å². The largest absolute Gasteiger partial charge is 0.418 e. The molecule has 18 heavy (non-hydrogen) atoms. The molecule has 0 radical (unpaired) electrons. The maximum absolute atomic E-state index is 12.9. The SMILES string of the molecule is CC(C)N(CCO)c1ccc(N)cc1C(F)(F)F. The summed E-state index contributed by atoms with van der Waals surface area (Å²) in [5.41, 5.74) is 4.74. The Kier molecular flexibility index (Phi) is 4.45. The van der Waals surface area contributed by atoms with Crippen molar-refractivity contribution < 1.29 is 18.3 Å². The van der Waals surface area contributed by atoms with E-state index < -0.39 is 11.7 Å². The number of anilines is 2. The van der Waals surface area contributed by atoms with Crippen LogP contribution < -0.4 is 10.6 Å². The number of alkyl halides is 3. The molecule has 0 aliphatic heterocycles. The molecule has 0 amide bonds. The van der Waals surface area contributed by atoms with Gasteiger partial charge in [-0.2, -0.15) is 13.2 Å². The van der Waals surface area contributed by atoms with Gasteiger partial charge in [0.25, 0.3) is 0 Å². The fourth-order valence-electron chi connectivity index (χ4n) is 1.80. The second-order valence-corrected chi connectivity index (χ2v) is 4.29. The summed E-state index contributed by atoms with van der Waals surface area (Å²) >= 11 is 0. The van der Waals surface area contributed by atoms with Crippen molar-refractivity contribution in [3.63, 3.8) is 0 Å². The average molecular weight is 262 g/mol. The number of halogens is 3.